The second-order valence-corrected chi connectivity index (χ2v) is 3.45. The molecule has 0 aliphatic carbocycles. The zero-order chi connectivity index (χ0) is 8.69. The van der Waals surface area contributed by atoms with E-state index in [4.69, 9.17) is 0 Å². The first-order valence-electron chi connectivity index (χ1n) is 4.91. The predicted octanol–water partition coefficient (Wildman–Crippen LogP) is 2.81. The maximum atomic E-state index is 3.27. The second kappa shape index (κ2) is 6.66. The zero-order valence-corrected chi connectivity index (χ0v) is 8.48. The lowest BCUT2D eigenvalue weighted by atomic mass is 9.96. The van der Waals surface area contributed by atoms with Crippen LogP contribution in [0.15, 0.2) is 0 Å². The third-order valence-electron chi connectivity index (χ3n) is 2.66. The number of rotatable bonds is 6. The van der Waals surface area contributed by atoms with Crippen LogP contribution in [0, 0.1) is 5.92 Å². The van der Waals surface area contributed by atoms with Gasteiger partial charge in [-0.2, -0.15) is 0 Å². The van der Waals surface area contributed by atoms with Crippen molar-refractivity contribution in [2.75, 3.05) is 7.05 Å². The van der Waals surface area contributed by atoms with Crippen LogP contribution in [0.5, 0.6) is 0 Å². The van der Waals surface area contributed by atoms with Gasteiger partial charge in [-0.1, -0.05) is 26.7 Å². The Morgan fingerprint density at radius 1 is 1.09 bits per heavy atom. The highest BCUT2D eigenvalue weighted by Gasteiger charge is 2.05. The van der Waals surface area contributed by atoms with Gasteiger partial charge in [-0.3, -0.25) is 0 Å². The lowest BCUT2D eigenvalue weighted by Crippen LogP contribution is -2.21. The summed E-state index contributed by atoms with van der Waals surface area (Å²) in [5.74, 6) is 0.950. The van der Waals surface area contributed by atoms with Gasteiger partial charge in [0.1, 0.15) is 0 Å². The van der Waals surface area contributed by atoms with E-state index in [9.17, 15) is 0 Å². The summed E-state index contributed by atoms with van der Waals surface area (Å²) in [5.41, 5.74) is 0. The molecule has 0 heterocycles. The van der Waals surface area contributed by atoms with Gasteiger partial charge in [-0.05, 0) is 32.7 Å². The molecule has 0 unspecified atom stereocenters. The van der Waals surface area contributed by atoms with Crippen molar-refractivity contribution < 1.29 is 0 Å². The molecule has 1 atom stereocenters. The Hall–Kier alpha value is -0.0400. The van der Waals surface area contributed by atoms with E-state index in [1.165, 1.54) is 25.7 Å². The van der Waals surface area contributed by atoms with Crippen LogP contribution < -0.4 is 5.32 Å². The van der Waals surface area contributed by atoms with E-state index in [1.807, 2.05) is 7.05 Å². The number of nitrogens with one attached hydrogen (secondary N) is 1. The quantitative estimate of drug-likeness (QED) is 0.625. The van der Waals surface area contributed by atoms with Crippen molar-refractivity contribution in [3.63, 3.8) is 0 Å². The van der Waals surface area contributed by atoms with Crippen LogP contribution in [0.2, 0.25) is 0 Å². The molecule has 0 saturated heterocycles. The zero-order valence-electron chi connectivity index (χ0n) is 8.48. The van der Waals surface area contributed by atoms with Crippen molar-refractivity contribution in [1.82, 2.24) is 5.32 Å². The molecule has 1 N–H and O–H groups in total. The van der Waals surface area contributed by atoms with Gasteiger partial charge in [-0.25, -0.2) is 0 Å². The van der Waals surface area contributed by atoms with E-state index in [2.05, 4.69) is 26.1 Å². The maximum absolute atomic E-state index is 3.27. The molecule has 0 bridgehead atoms. The summed E-state index contributed by atoms with van der Waals surface area (Å²) < 4.78 is 0. The molecule has 1 heteroatoms. The molecule has 0 aromatic rings. The maximum Gasteiger partial charge on any atom is 0.00358 e. The smallest absolute Gasteiger partial charge is 0.00358 e. The molecular weight excluding hydrogens is 134 g/mol. The summed E-state index contributed by atoms with van der Waals surface area (Å²) in [4.78, 5) is 0. The third kappa shape index (κ3) is 5.25. The molecule has 0 radical (unpaired) electrons. The number of hydrogen-bond donors (Lipinski definition) is 1. The van der Waals surface area contributed by atoms with Gasteiger partial charge >= 0.3 is 0 Å². The summed E-state index contributed by atoms with van der Waals surface area (Å²) in [5, 5.41) is 3.27. The van der Waals surface area contributed by atoms with Gasteiger partial charge in [0.2, 0.25) is 0 Å². The first-order chi connectivity index (χ1) is 5.24. The Bertz CT molecular complexity index is 76.9. The second-order valence-electron chi connectivity index (χ2n) is 3.45. The SMILES string of the molecule is CCC(CC)CC[C@H](C)NC. The van der Waals surface area contributed by atoms with Crippen molar-refractivity contribution in [3.8, 4) is 0 Å². The minimum atomic E-state index is 0.690. The van der Waals surface area contributed by atoms with Crippen LogP contribution in [0.3, 0.4) is 0 Å². The lowest BCUT2D eigenvalue weighted by Gasteiger charge is -2.15. The monoisotopic (exact) mass is 157 g/mol. The average molecular weight is 157 g/mol. The molecular formula is C10H23N. The molecule has 0 aliphatic heterocycles. The van der Waals surface area contributed by atoms with Gasteiger partial charge < -0.3 is 5.32 Å². The highest BCUT2D eigenvalue weighted by atomic mass is 14.8. The molecule has 0 aliphatic rings. The Balaban J connectivity index is 3.34. The molecule has 0 spiro atoms. The van der Waals surface area contributed by atoms with Crippen molar-refractivity contribution in [2.45, 2.75) is 52.5 Å². The van der Waals surface area contributed by atoms with E-state index < -0.39 is 0 Å². The minimum Gasteiger partial charge on any atom is -0.317 e. The van der Waals surface area contributed by atoms with Crippen LogP contribution >= 0.6 is 0 Å². The Morgan fingerprint density at radius 2 is 1.64 bits per heavy atom. The summed E-state index contributed by atoms with van der Waals surface area (Å²) in [6.45, 7) is 6.83. The predicted molar refractivity (Wildman–Crippen MR) is 51.8 cm³/mol. The Labute approximate surface area is 71.6 Å². The van der Waals surface area contributed by atoms with Crippen molar-refractivity contribution in [2.24, 2.45) is 5.92 Å². The van der Waals surface area contributed by atoms with E-state index in [0.29, 0.717) is 6.04 Å². The Morgan fingerprint density at radius 3 is 2.00 bits per heavy atom. The van der Waals surface area contributed by atoms with Gasteiger partial charge in [0.25, 0.3) is 0 Å². The van der Waals surface area contributed by atoms with Crippen LogP contribution in [0.1, 0.15) is 46.5 Å². The fourth-order valence-electron chi connectivity index (χ4n) is 1.33. The molecule has 0 aromatic carbocycles. The lowest BCUT2D eigenvalue weighted by molar-refractivity contribution is 0.406. The van der Waals surface area contributed by atoms with E-state index >= 15 is 0 Å². The molecule has 1 nitrogen and oxygen atoms in total. The standard InChI is InChI=1S/C10H23N/c1-5-10(6-2)8-7-9(3)11-4/h9-11H,5-8H2,1-4H3/t9-/m0/s1. The fourth-order valence-corrected chi connectivity index (χ4v) is 1.33. The van der Waals surface area contributed by atoms with E-state index in [0.717, 1.165) is 5.92 Å². The van der Waals surface area contributed by atoms with Gasteiger partial charge in [0, 0.05) is 6.04 Å². The molecule has 0 amide bonds. The highest BCUT2D eigenvalue weighted by Crippen LogP contribution is 2.15. The molecule has 0 saturated carbocycles. The minimum absolute atomic E-state index is 0.690. The van der Waals surface area contributed by atoms with E-state index in [-0.39, 0.29) is 0 Å². The topological polar surface area (TPSA) is 12.0 Å². The average Bonchev–Trinajstić information content (AvgIpc) is 2.06. The van der Waals surface area contributed by atoms with Crippen LogP contribution in [-0.4, -0.2) is 13.1 Å². The van der Waals surface area contributed by atoms with Gasteiger partial charge in [0.05, 0.1) is 0 Å². The normalized spacial score (nSPS) is 13.9. The molecule has 0 aromatic heterocycles. The van der Waals surface area contributed by atoms with Crippen LogP contribution in [0.25, 0.3) is 0 Å². The van der Waals surface area contributed by atoms with Gasteiger partial charge in [-0.15, -0.1) is 0 Å². The summed E-state index contributed by atoms with van der Waals surface area (Å²) in [6, 6.07) is 0.690. The van der Waals surface area contributed by atoms with Crippen molar-refractivity contribution in [3.05, 3.63) is 0 Å². The first kappa shape index (κ1) is 11.0. The first-order valence-corrected chi connectivity index (χ1v) is 4.91. The van der Waals surface area contributed by atoms with Crippen molar-refractivity contribution in [1.29, 1.82) is 0 Å². The fraction of sp³-hybridized carbons (Fsp3) is 1.00. The molecule has 11 heavy (non-hydrogen) atoms. The molecule has 0 rings (SSSR count). The van der Waals surface area contributed by atoms with Crippen LogP contribution in [-0.2, 0) is 0 Å². The molecule has 0 fully saturated rings. The van der Waals surface area contributed by atoms with Gasteiger partial charge in [0.15, 0.2) is 0 Å². The van der Waals surface area contributed by atoms with E-state index in [1.54, 1.807) is 0 Å². The number of hydrogen-bond acceptors (Lipinski definition) is 1. The third-order valence-corrected chi connectivity index (χ3v) is 2.66. The highest BCUT2D eigenvalue weighted by molar-refractivity contribution is 4.61. The van der Waals surface area contributed by atoms with Crippen molar-refractivity contribution >= 4 is 0 Å². The largest absolute Gasteiger partial charge is 0.317 e. The molecule has 68 valence electrons. The van der Waals surface area contributed by atoms with Crippen LogP contribution in [0.4, 0.5) is 0 Å². The summed E-state index contributed by atoms with van der Waals surface area (Å²) in [6.07, 6.45) is 5.39. The summed E-state index contributed by atoms with van der Waals surface area (Å²) in [7, 11) is 2.04. The Kier molecular flexibility index (Phi) is 6.63. The summed E-state index contributed by atoms with van der Waals surface area (Å²) >= 11 is 0.